The maximum Gasteiger partial charge on any atom is 0.275 e. The zero-order chi connectivity index (χ0) is 25.6. The predicted octanol–water partition coefficient (Wildman–Crippen LogP) is 5.56. The molecule has 3 aromatic rings. The number of rotatable bonds is 7. The monoisotopic (exact) mass is 518 g/mol. The maximum atomic E-state index is 13.1. The number of amides is 2. The lowest BCUT2D eigenvalue weighted by Gasteiger charge is -2.32. The van der Waals surface area contributed by atoms with Gasteiger partial charge in [0, 0.05) is 37.5 Å². The van der Waals surface area contributed by atoms with E-state index < -0.39 is 6.10 Å². The second-order valence-corrected chi connectivity index (χ2v) is 10.7. The number of nitrogens with zero attached hydrogens (tertiary/aromatic N) is 3. The van der Waals surface area contributed by atoms with Gasteiger partial charge in [-0.3, -0.25) is 9.59 Å². The van der Waals surface area contributed by atoms with E-state index in [0.29, 0.717) is 24.5 Å². The molecule has 1 unspecified atom stereocenters. The van der Waals surface area contributed by atoms with Gasteiger partial charge in [-0.05, 0) is 63.3 Å². The largest absolute Gasteiger partial charge is 0.481 e. The summed E-state index contributed by atoms with van der Waals surface area (Å²) in [6.45, 7) is 5.17. The van der Waals surface area contributed by atoms with E-state index in [4.69, 9.17) is 9.72 Å². The topological polar surface area (TPSA) is 74.8 Å². The molecule has 2 aliphatic heterocycles. The molecule has 5 rings (SSSR count). The van der Waals surface area contributed by atoms with Gasteiger partial charge in [0.2, 0.25) is 0 Å². The molecule has 0 saturated carbocycles. The van der Waals surface area contributed by atoms with Gasteiger partial charge in [-0.2, -0.15) is 0 Å². The molecule has 1 N–H and O–H groups in total. The second kappa shape index (κ2) is 11.8. The minimum atomic E-state index is -0.526. The summed E-state index contributed by atoms with van der Waals surface area (Å²) in [5.41, 5.74) is 2.37. The second-order valence-electron chi connectivity index (χ2n) is 9.76. The number of para-hydroxylation sites is 3. The Morgan fingerprint density at radius 1 is 0.973 bits per heavy atom. The van der Waals surface area contributed by atoms with Gasteiger partial charge < -0.3 is 19.9 Å². The summed E-state index contributed by atoms with van der Waals surface area (Å²) < 4.78 is 5.82. The van der Waals surface area contributed by atoms with Gasteiger partial charge in [0.15, 0.2) is 6.10 Å². The molecule has 2 aromatic carbocycles. The Labute approximate surface area is 222 Å². The highest BCUT2D eigenvalue weighted by atomic mass is 32.1. The van der Waals surface area contributed by atoms with Crippen molar-refractivity contribution in [2.75, 3.05) is 36.4 Å². The third-order valence-corrected chi connectivity index (χ3v) is 8.17. The van der Waals surface area contributed by atoms with Crippen LogP contribution < -0.4 is 15.0 Å². The summed E-state index contributed by atoms with van der Waals surface area (Å²) in [5.74, 6) is 0.785. The summed E-state index contributed by atoms with van der Waals surface area (Å²) in [6.07, 6.45) is 4.76. The van der Waals surface area contributed by atoms with Gasteiger partial charge in [-0.15, -0.1) is 11.3 Å². The van der Waals surface area contributed by atoms with Crippen LogP contribution in [-0.4, -0.2) is 54.0 Å². The number of nitrogens with one attached hydrogen (secondary N) is 1. The molecule has 8 heteroatoms. The molecule has 2 amide bonds. The molecule has 0 spiro atoms. The lowest BCUT2D eigenvalue weighted by molar-refractivity contribution is -0.139. The molecule has 194 valence electrons. The minimum absolute atomic E-state index is 0.00822. The summed E-state index contributed by atoms with van der Waals surface area (Å²) in [7, 11) is 0. The third-order valence-electron chi connectivity index (χ3n) is 7.16. The van der Waals surface area contributed by atoms with Crippen LogP contribution in [0.4, 0.5) is 11.4 Å². The first kappa shape index (κ1) is 25.3. The molecule has 1 aromatic heterocycles. The number of aromatic nitrogens is 1. The van der Waals surface area contributed by atoms with E-state index in [0.717, 1.165) is 42.3 Å². The standard InChI is InChI=1S/C29H34N4O3S/c1-21(36-23-10-4-2-5-11-23)29(35)33-18-14-22(15-19-33)28-31-25(20-37-28)27(34)30-24-12-6-7-13-26(24)32-16-8-3-9-17-32/h2,4-7,10-13,20-22H,3,8-9,14-19H2,1H3,(H,30,34). The average Bonchev–Trinajstić information content (AvgIpc) is 3.45. The highest BCUT2D eigenvalue weighted by molar-refractivity contribution is 7.10. The number of benzene rings is 2. The number of likely N-dealkylation sites (tertiary alicyclic amines) is 1. The zero-order valence-corrected chi connectivity index (χ0v) is 22.1. The molecular weight excluding hydrogens is 484 g/mol. The molecule has 2 saturated heterocycles. The minimum Gasteiger partial charge on any atom is -0.481 e. The number of thiazole rings is 1. The van der Waals surface area contributed by atoms with Crippen LogP contribution in [0, 0.1) is 0 Å². The van der Waals surface area contributed by atoms with Crippen LogP contribution in [0.15, 0.2) is 60.0 Å². The summed E-state index contributed by atoms with van der Waals surface area (Å²) in [4.78, 5) is 34.9. The Hall–Kier alpha value is -3.39. The maximum absolute atomic E-state index is 13.1. The Kier molecular flexibility index (Phi) is 8.04. The average molecular weight is 519 g/mol. The van der Waals surface area contributed by atoms with Crippen molar-refractivity contribution >= 4 is 34.5 Å². The van der Waals surface area contributed by atoms with Crippen LogP contribution in [0.3, 0.4) is 0 Å². The van der Waals surface area contributed by atoms with Crippen molar-refractivity contribution in [3.63, 3.8) is 0 Å². The van der Waals surface area contributed by atoms with Crippen molar-refractivity contribution in [1.29, 1.82) is 0 Å². The van der Waals surface area contributed by atoms with Crippen molar-refractivity contribution in [2.24, 2.45) is 0 Å². The Balaban J connectivity index is 1.16. The van der Waals surface area contributed by atoms with E-state index in [1.807, 2.05) is 58.8 Å². The molecule has 3 heterocycles. The fourth-order valence-electron chi connectivity index (χ4n) is 5.11. The van der Waals surface area contributed by atoms with Crippen molar-refractivity contribution in [1.82, 2.24) is 9.88 Å². The third kappa shape index (κ3) is 6.13. The van der Waals surface area contributed by atoms with E-state index in [1.54, 1.807) is 6.92 Å². The predicted molar refractivity (Wildman–Crippen MR) is 148 cm³/mol. The van der Waals surface area contributed by atoms with Gasteiger partial charge in [-0.1, -0.05) is 30.3 Å². The summed E-state index contributed by atoms with van der Waals surface area (Å²) >= 11 is 1.53. The first-order chi connectivity index (χ1) is 18.1. The van der Waals surface area contributed by atoms with Gasteiger partial charge in [0.1, 0.15) is 11.4 Å². The quantitative estimate of drug-likeness (QED) is 0.443. The van der Waals surface area contributed by atoms with Gasteiger partial charge in [0.05, 0.1) is 16.4 Å². The van der Waals surface area contributed by atoms with E-state index in [1.165, 1.54) is 30.6 Å². The summed E-state index contributed by atoms with van der Waals surface area (Å²) in [6, 6.07) is 17.5. The SMILES string of the molecule is CC(Oc1ccccc1)C(=O)N1CCC(c2nc(C(=O)Nc3ccccc3N3CCCCC3)cs2)CC1. The zero-order valence-electron chi connectivity index (χ0n) is 21.3. The van der Waals surface area contributed by atoms with Crippen molar-refractivity contribution in [3.8, 4) is 5.75 Å². The number of ether oxygens (including phenoxy) is 1. The lowest BCUT2D eigenvalue weighted by atomic mass is 9.97. The Morgan fingerprint density at radius 2 is 1.68 bits per heavy atom. The van der Waals surface area contributed by atoms with Gasteiger partial charge in [0.25, 0.3) is 11.8 Å². The normalized spacial score (nSPS) is 17.3. The first-order valence-electron chi connectivity index (χ1n) is 13.2. The van der Waals surface area contributed by atoms with Crippen molar-refractivity contribution in [3.05, 3.63) is 70.7 Å². The fraction of sp³-hybridized carbons (Fsp3) is 0.414. The Bertz CT molecular complexity index is 1200. The number of hydrogen-bond donors (Lipinski definition) is 1. The van der Waals surface area contributed by atoms with Crippen molar-refractivity contribution in [2.45, 2.75) is 51.0 Å². The molecular formula is C29H34N4O3S. The van der Waals surface area contributed by atoms with E-state index in [-0.39, 0.29) is 17.7 Å². The lowest BCUT2D eigenvalue weighted by Crippen LogP contribution is -2.44. The number of anilines is 2. The molecule has 2 aliphatic rings. The van der Waals surface area contributed by atoms with E-state index in [9.17, 15) is 9.59 Å². The van der Waals surface area contributed by atoms with E-state index >= 15 is 0 Å². The molecule has 2 fully saturated rings. The molecule has 7 nitrogen and oxygen atoms in total. The highest BCUT2D eigenvalue weighted by Gasteiger charge is 2.29. The molecule has 0 radical (unpaired) electrons. The van der Waals surface area contributed by atoms with Gasteiger partial charge in [-0.25, -0.2) is 4.98 Å². The highest BCUT2D eigenvalue weighted by Crippen LogP contribution is 2.32. The number of piperidine rings is 2. The number of carbonyl (C=O) groups is 2. The summed E-state index contributed by atoms with van der Waals surface area (Å²) in [5, 5.41) is 5.91. The molecule has 1 atom stereocenters. The van der Waals surface area contributed by atoms with Crippen molar-refractivity contribution < 1.29 is 14.3 Å². The first-order valence-corrected chi connectivity index (χ1v) is 14.1. The van der Waals surface area contributed by atoms with E-state index in [2.05, 4.69) is 16.3 Å². The Morgan fingerprint density at radius 3 is 2.43 bits per heavy atom. The number of carbonyl (C=O) groups excluding carboxylic acids is 2. The molecule has 0 aliphatic carbocycles. The molecule has 0 bridgehead atoms. The number of hydrogen-bond acceptors (Lipinski definition) is 6. The smallest absolute Gasteiger partial charge is 0.275 e. The van der Waals surface area contributed by atoms with Crippen LogP contribution in [-0.2, 0) is 4.79 Å². The van der Waals surface area contributed by atoms with Crippen LogP contribution in [0.25, 0.3) is 0 Å². The van der Waals surface area contributed by atoms with Crippen LogP contribution >= 0.6 is 11.3 Å². The van der Waals surface area contributed by atoms with Crippen LogP contribution in [0.5, 0.6) is 5.75 Å². The van der Waals surface area contributed by atoms with Crippen LogP contribution in [0.2, 0.25) is 0 Å². The fourth-order valence-corrected chi connectivity index (χ4v) is 6.08. The van der Waals surface area contributed by atoms with Crippen LogP contribution in [0.1, 0.15) is 60.4 Å². The van der Waals surface area contributed by atoms with Gasteiger partial charge >= 0.3 is 0 Å². The molecule has 37 heavy (non-hydrogen) atoms.